The van der Waals surface area contributed by atoms with Crippen molar-refractivity contribution in [2.24, 2.45) is 0 Å². The van der Waals surface area contributed by atoms with Crippen LogP contribution in [0.25, 0.3) is 0 Å². The van der Waals surface area contributed by atoms with E-state index in [1.54, 1.807) is 13.8 Å². The SMILES string of the molecule is CCOC(=O)NC(=O)CSc1nnc(SCC(=O)NC(=O)OCC)s1. The molecule has 0 aromatic carbocycles. The van der Waals surface area contributed by atoms with Gasteiger partial charge in [-0.1, -0.05) is 34.9 Å². The predicted octanol–water partition coefficient (Wildman–Crippen LogP) is 1.27. The Morgan fingerprint density at radius 1 is 0.880 bits per heavy atom. The van der Waals surface area contributed by atoms with Gasteiger partial charge >= 0.3 is 12.2 Å². The average molecular weight is 408 g/mol. The number of amides is 4. The van der Waals surface area contributed by atoms with Crippen molar-refractivity contribution in [1.29, 1.82) is 0 Å². The van der Waals surface area contributed by atoms with E-state index in [9.17, 15) is 19.2 Å². The summed E-state index contributed by atoms with van der Waals surface area (Å²) >= 11 is 3.38. The van der Waals surface area contributed by atoms with E-state index in [0.717, 1.165) is 23.5 Å². The highest BCUT2D eigenvalue weighted by Crippen LogP contribution is 2.28. The van der Waals surface area contributed by atoms with Crippen LogP contribution in [0.4, 0.5) is 9.59 Å². The van der Waals surface area contributed by atoms with Gasteiger partial charge in [-0.15, -0.1) is 10.2 Å². The van der Waals surface area contributed by atoms with Gasteiger partial charge in [-0.3, -0.25) is 20.2 Å². The van der Waals surface area contributed by atoms with Crippen LogP contribution in [0.15, 0.2) is 8.68 Å². The van der Waals surface area contributed by atoms with Crippen molar-refractivity contribution in [2.45, 2.75) is 22.5 Å². The normalized spacial score (nSPS) is 10.0. The maximum absolute atomic E-state index is 11.5. The molecule has 138 valence electrons. The molecule has 13 heteroatoms. The molecule has 0 spiro atoms. The molecule has 1 aromatic rings. The molecule has 10 nitrogen and oxygen atoms in total. The van der Waals surface area contributed by atoms with Crippen LogP contribution >= 0.6 is 34.9 Å². The van der Waals surface area contributed by atoms with Crippen molar-refractivity contribution in [3.63, 3.8) is 0 Å². The zero-order chi connectivity index (χ0) is 18.7. The van der Waals surface area contributed by atoms with Crippen LogP contribution in [0.1, 0.15) is 13.8 Å². The first-order valence-corrected chi connectivity index (χ1v) is 9.75. The minimum Gasteiger partial charge on any atom is -0.450 e. The Balaban J connectivity index is 2.32. The molecule has 0 bridgehead atoms. The summed E-state index contributed by atoms with van der Waals surface area (Å²) in [5.74, 6) is -1.08. The number of thioether (sulfide) groups is 2. The molecule has 0 fully saturated rings. The Kier molecular flexibility index (Phi) is 9.87. The van der Waals surface area contributed by atoms with Gasteiger partial charge in [0.15, 0.2) is 8.68 Å². The van der Waals surface area contributed by atoms with Crippen LogP contribution in [-0.4, -0.2) is 58.9 Å². The number of hydrogen-bond donors (Lipinski definition) is 2. The van der Waals surface area contributed by atoms with Gasteiger partial charge in [0, 0.05) is 0 Å². The molecule has 2 N–H and O–H groups in total. The first kappa shape index (κ1) is 21.2. The summed E-state index contributed by atoms with van der Waals surface area (Å²) in [6.45, 7) is 3.61. The Morgan fingerprint density at radius 3 is 1.64 bits per heavy atom. The number of imide groups is 2. The Bertz CT molecular complexity index is 573. The molecule has 0 aliphatic carbocycles. The second-order valence-electron chi connectivity index (χ2n) is 3.95. The van der Waals surface area contributed by atoms with Crippen LogP contribution in [0.2, 0.25) is 0 Å². The smallest absolute Gasteiger partial charge is 0.413 e. The molecule has 1 aromatic heterocycles. The van der Waals surface area contributed by atoms with E-state index in [0.29, 0.717) is 8.68 Å². The van der Waals surface area contributed by atoms with Crippen LogP contribution in [0.3, 0.4) is 0 Å². The fraction of sp³-hybridized carbons (Fsp3) is 0.500. The summed E-state index contributed by atoms with van der Waals surface area (Å²) in [4.78, 5) is 45.1. The monoisotopic (exact) mass is 408 g/mol. The third kappa shape index (κ3) is 9.26. The molecule has 1 rings (SSSR count). The quantitative estimate of drug-likeness (QED) is 0.605. The molecule has 0 atom stereocenters. The van der Waals surface area contributed by atoms with Gasteiger partial charge in [0.1, 0.15) is 0 Å². The van der Waals surface area contributed by atoms with E-state index in [4.69, 9.17) is 0 Å². The maximum Gasteiger partial charge on any atom is 0.413 e. The fourth-order valence-electron chi connectivity index (χ4n) is 1.20. The van der Waals surface area contributed by atoms with Gasteiger partial charge in [0.05, 0.1) is 24.7 Å². The van der Waals surface area contributed by atoms with Crippen molar-refractivity contribution in [1.82, 2.24) is 20.8 Å². The molecule has 0 aliphatic rings. The summed E-state index contributed by atoms with van der Waals surface area (Å²) in [7, 11) is 0. The number of hydrogen-bond acceptors (Lipinski definition) is 11. The van der Waals surface area contributed by atoms with Crippen molar-refractivity contribution in [3.8, 4) is 0 Å². The number of aromatic nitrogens is 2. The number of rotatable bonds is 8. The topological polar surface area (TPSA) is 137 Å². The van der Waals surface area contributed by atoms with Gasteiger partial charge in [-0.2, -0.15) is 0 Å². The second-order valence-corrected chi connectivity index (χ2v) is 7.37. The van der Waals surface area contributed by atoms with E-state index in [2.05, 4.69) is 30.3 Å². The van der Waals surface area contributed by atoms with E-state index >= 15 is 0 Å². The van der Waals surface area contributed by atoms with E-state index in [1.165, 1.54) is 11.3 Å². The van der Waals surface area contributed by atoms with Gasteiger partial charge < -0.3 is 9.47 Å². The zero-order valence-electron chi connectivity index (χ0n) is 13.4. The number of carbonyl (C=O) groups excluding carboxylic acids is 4. The summed E-state index contributed by atoms with van der Waals surface area (Å²) < 4.78 is 10.2. The van der Waals surface area contributed by atoms with Crippen LogP contribution in [0.5, 0.6) is 0 Å². The molecular weight excluding hydrogens is 392 g/mol. The highest BCUT2D eigenvalue weighted by atomic mass is 32.2. The van der Waals surface area contributed by atoms with Crippen molar-refractivity contribution < 1.29 is 28.7 Å². The number of carbonyl (C=O) groups is 4. The lowest BCUT2D eigenvalue weighted by atomic mass is 10.7. The van der Waals surface area contributed by atoms with Gasteiger partial charge in [0.25, 0.3) is 0 Å². The Hall–Kier alpha value is -1.86. The standard InChI is InChI=1S/C12H16N4O6S3/c1-3-21-9(19)13-7(17)5-23-11-15-16-12(25-11)24-6-8(18)14-10(20)22-4-2/h3-6H2,1-2H3,(H,13,17,19)(H,14,18,20). The van der Waals surface area contributed by atoms with Crippen molar-refractivity contribution in [3.05, 3.63) is 0 Å². The number of ether oxygens (including phenoxy) is 2. The predicted molar refractivity (Wildman–Crippen MR) is 91.7 cm³/mol. The molecule has 0 radical (unpaired) electrons. The van der Waals surface area contributed by atoms with Crippen LogP contribution in [-0.2, 0) is 19.1 Å². The lowest BCUT2D eigenvalue weighted by Crippen LogP contribution is -2.32. The molecule has 0 unspecified atom stereocenters. The van der Waals surface area contributed by atoms with Crippen molar-refractivity contribution in [2.75, 3.05) is 24.7 Å². The lowest BCUT2D eigenvalue weighted by Gasteiger charge is -2.02. The molecule has 0 saturated carbocycles. The Labute approximate surface area is 155 Å². The van der Waals surface area contributed by atoms with Crippen molar-refractivity contribution >= 4 is 58.9 Å². The molecular formula is C12H16N4O6S3. The van der Waals surface area contributed by atoms with E-state index < -0.39 is 24.0 Å². The second kappa shape index (κ2) is 11.7. The highest BCUT2D eigenvalue weighted by molar-refractivity contribution is 8.03. The van der Waals surface area contributed by atoms with Crippen LogP contribution in [0, 0.1) is 0 Å². The van der Waals surface area contributed by atoms with E-state index in [-0.39, 0.29) is 24.7 Å². The zero-order valence-corrected chi connectivity index (χ0v) is 15.8. The minimum atomic E-state index is -0.797. The maximum atomic E-state index is 11.5. The number of nitrogens with zero attached hydrogens (tertiary/aromatic N) is 2. The van der Waals surface area contributed by atoms with Gasteiger partial charge in [-0.05, 0) is 13.8 Å². The number of alkyl carbamates (subject to hydrolysis) is 2. The largest absolute Gasteiger partial charge is 0.450 e. The third-order valence-electron chi connectivity index (χ3n) is 2.08. The van der Waals surface area contributed by atoms with Gasteiger partial charge in [0.2, 0.25) is 11.8 Å². The molecule has 4 amide bonds. The fourth-order valence-corrected chi connectivity index (χ4v) is 3.82. The number of nitrogens with one attached hydrogen (secondary N) is 2. The highest BCUT2D eigenvalue weighted by Gasteiger charge is 2.13. The molecule has 0 aliphatic heterocycles. The summed E-state index contributed by atoms with van der Waals surface area (Å²) in [5.41, 5.74) is 0. The minimum absolute atomic E-state index is 0.0263. The Morgan fingerprint density at radius 2 is 1.28 bits per heavy atom. The average Bonchev–Trinajstić information content (AvgIpc) is 2.99. The molecule has 0 saturated heterocycles. The molecule has 25 heavy (non-hydrogen) atoms. The first-order valence-electron chi connectivity index (χ1n) is 6.96. The first-order chi connectivity index (χ1) is 11.9. The van der Waals surface area contributed by atoms with E-state index in [1.807, 2.05) is 0 Å². The summed E-state index contributed by atoms with van der Waals surface area (Å²) in [6.07, 6.45) is -1.59. The lowest BCUT2D eigenvalue weighted by molar-refractivity contribution is -0.118. The molecule has 1 heterocycles. The third-order valence-corrected chi connectivity index (χ3v) is 5.27. The van der Waals surface area contributed by atoms with Gasteiger partial charge in [-0.25, -0.2) is 9.59 Å². The summed E-state index contributed by atoms with van der Waals surface area (Å²) in [6, 6.07) is 0. The van der Waals surface area contributed by atoms with Crippen LogP contribution < -0.4 is 10.6 Å². The summed E-state index contributed by atoms with van der Waals surface area (Å²) in [5, 5.41) is 11.8.